The first-order valence-electron chi connectivity index (χ1n) is 6.39. The minimum Gasteiger partial charge on any atom is -0.393 e. The molecule has 1 rings (SSSR count). The molecule has 18 heavy (non-hydrogen) atoms. The van der Waals surface area contributed by atoms with Crippen molar-refractivity contribution >= 4 is 5.91 Å². The van der Waals surface area contributed by atoms with E-state index < -0.39 is 0 Å². The van der Waals surface area contributed by atoms with Crippen LogP contribution >= 0.6 is 0 Å². The maximum absolute atomic E-state index is 12.0. The highest BCUT2D eigenvalue weighted by molar-refractivity contribution is 5.95. The average Bonchev–Trinajstić information content (AvgIpc) is 2.35. The summed E-state index contributed by atoms with van der Waals surface area (Å²) in [5, 5.41) is 12.0. The molecule has 0 fully saturated rings. The Hall–Kier alpha value is -1.39. The first-order chi connectivity index (χ1) is 8.65. The number of nitrogens with one attached hydrogen (secondary N) is 1. The summed E-state index contributed by atoms with van der Waals surface area (Å²) < 4.78 is 0. The van der Waals surface area contributed by atoms with Crippen LogP contribution in [0.2, 0.25) is 0 Å². The van der Waals surface area contributed by atoms with Crippen LogP contribution in [0.5, 0.6) is 0 Å². The lowest BCUT2D eigenvalue weighted by atomic mass is 10.0. The molecule has 4 heteroatoms. The Bertz CT molecular complexity index is 378. The molecule has 0 aromatic heterocycles. The maximum Gasteiger partial charge on any atom is 0.251 e. The monoisotopic (exact) mass is 250 g/mol. The zero-order valence-electron chi connectivity index (χ0n) is 10.9. The molecule has 100 valence electrons. The van der Waals surface area contributed by atoms with Gasteiger partial charge in [0.1, 0.15) is 0 Å². The highest BCUT2D eigenvalue weighted by atomic mass is 16.3. The van der Waals surface area contributed by atoms with Crippen LogP contribution in [0.1, 0.15) is 35.7 Å². The molecule has 0 aliphatic carbocycles. The Kier molecular flexibility index (Phi) is 6.39. The molecular weight excluding hydrogens is 228 g/mol. The molecule has 0 saturated carbocycles. The number of hydrogen-bond donors (Lipinski definition) is 3. The summed E-state index contributed by atoms with van der Waals surface area (Å²) in [6.45, 7) is 2.87. The number of rotatable bonds is 7. The van der Waals surface area contributed by atoms with Crippen LogP contribution in [-0.4, -0.2) is 30.2 Å². The Balaban J connectivity index is 2.50. The summed E-state index contributed by atoms with van der Waals surface area (Å²) in [7, 11) is 0. The van der Waals surface area contributed by atoms with Crippen LogP contribution < -0.4 is 11.1 Å². The van der Waals surface area contributed by atoms with E-state index in [1.54, 1.807) is 6.92 Å². The highest BCUT2D eigenvalue weighted by Crippen LogP contribution is 2.09. The molecule has 0 aliphatic rings. The molecule has 0 aliphatic heterocycles. The van der Waals surface area contributed by atoms with Crippen LogP contribution in [-0.2, 0) is 6.42 Å². The SMILES string of the molecule is CC(O)CCCNC(=O)c1ccccc1CCN. The second kappa shape index (κ2) is 7.84. The van der Waals surface area contributed by atoms with E-state index in [9.17, 15) is 4.79 Å². The van der Waals surface area contributed by atoms with Crippen LogP contribution in [0.25, 0.3) is 0 Å². The van der Waals surface area contributed by atoms with E-state index in [-0.39, 0.29) is 12.0 Å². The van der Waals surface area contributed by atoms with Crippen LogP contribution in [0, 0.1) is 0 Å². The Morgan fingerprint density at radius 3 is 2.83 bits per heavy atom. The minimum atomic E-state index is -0.313. The van der Waals surface area contributed by atoms with Gasteiger partial charge < -0.3 is 16.2 Å². The van der Waals surface area contributed by atoms with Gasteiger partial charge in [-0.05, 0) is 44.4 Å². The lowest BCUT2D eigenvalue weighted by Crippen LogP contribution is -2.26. The molecule has 1 aromatic carbocycles. The number of carbonyl (C=O) groups is 1. The third-order valence-corrected chi connectivity index (χ3v) is 2.76. The first-order valence-corrected chi connectivity index (χ1v) is 6.39. The Morgan fingerprint density at radius 2 is 2.17 bits per heavy atom. The molecule has 4 nitrogen and oxygen atoms in total. The lowest BCUT2D eigenvalue weighted by Gasteiger charge is -2.10. The molecule has 1 atom stereocenters. The zero-order chi connectivity index (χ0) is 13.4. The van der Waals surface area contributed by atoms with Crippen molar-refractivity contribution in [2.75, 3.05) is 13.1 Å². The third-order valence-electron chi connectivity index (χ3n) is 2.76. The molecule has 4 N–H and O–H groups in total. The predicted octanol–water partition coefficient (Wildman–Crippen LogP) is 1.08. The summed E-state index contributed by atoms with van der Waals surface area (Å²) in [5.41, 5.74) is 7.20. The highest BCUT2D eigenvalue weighted by Gasteiger charge is 2.09. The number of hydrogen-bond acceptors (Lipinski definition) is 3. The molecule has 0 bridgehead atoms. The van der Waals surface area contributed by atoms with Crippen LogP contribution in [0.15, 0.2) is 24.3 Å². The summed E-state index contributed by atoms with van der Waals surface area (Å²) in [6, 6.07) is 7.51. The quantitative estimate of drug-likeness (QED) is 0.634. The van der Waals surface area contributed by atoms with Gasteiger partial charge in [-0.1, -0.05) is 18.2 Å². The fourth-order valence-corrected chi connectivity index (χ4v) is 1.81. The fraction of sp³-hybridized carbons (Fsp3) is 0.500. The zero-order valence-corrected chi connectivity index (χ0v) is 10.9. The molecule has 1 amide bonds. The topological polar surface area (TPSA) is 75.3 Å². The van der Waals surface area contributed by atoms with Gasteiger partial charge in [-0.15, -0.1) is 0 Å². The van der Waals surface area contributed by atoms with Gasteiger partial charge in [-0.3, -0.25) is 4.79 Å². The fourth-order valence-electron chi connectivity index (χ4n) is 1.81. The van der Waals surface area contributed by atoms with Crippen molar-refractivity contribution in [3.8, 4) is 0 Å². The van der Waals surface area contributed by atoms with Crippen molar-refractivity contribution in [3.05, 3.63) is 35.4 Å². The van der Waals surface area contributed by atoms with Gasteiger partial charge in [0.2, 0.25) is 0 Å². The van der Waals surface area contributed by atoms with Gasteiger partial charge in [0.15, 0.2) is 0 Å². The molecule has 0 spiro atoms. The van der Waals surface area contributed by atoms with E-state index in [4.69, 9.17) is 10.8 Å². The number of aliphatic hydroxyl groups is 1. The molecule has 0 radical (unpaired) electrons. The lowest BCUT2D eigenvalue weighted by molar-refractivity contribution is 0.0948. The van der Waals surface area contributed by atoms with Gasteiger partial charge in [0.25, 0.3) is 5.91 Å². The molecule has 0 saturated heterocycles. The van der Waals surface area contributed by atoms with Crippen molar-refractivity contribution in [2.45, 2.75) is 32.3 Å². The van der Waals surface area contributed by atoms with E-state index in [2.05, 4.69) is 5.32 Å². The van der Waals surface area contributed by atoms with Crippen molar-refractivity contribution < 1.29 is 9.90 Å². The number of nitrogens with two attached hydrogens (primary N) is 1. The van der Waals surface area contributed by atoms with Gasteiger partial charge >= 0.3 is 0 Å². The number of benzene rings is 1. The van der Waals surface area contributed by atoms with E-state index in [1.165, 1.54) is 0 Å². The predicted molar refractivity (Wildman–Crippen MR) is 72.4 cm³/mol. The van der Waals surface area contributed by atoms with Gasteiger partial charge in [-0.2, -0.15) is 0 Å². The third kappa shape index (κ3) is 4.85. The van der Waals surface area contributed by atoms with Crippen molar-refractivity contribution in [1.29, 1.82) is 0 Å². The number of carbonyl (C=O) groups excluding carboxylic acids is 1. The van der Waals surface area contributed by atoms with Crippen molar-refractivity contribution in [3.63, 3.8) is 0 Å². The molecule has 1 aromatic rings. The first kappa shape index (κ1) is 14.7. The van der Waals surface area contributed by atoms with Crippen LogP contribution in [0.3, 0.4) is 0 Å². The smallest absolute Gasteiger partial charge is 0.251 e. The number of aliphatic hydroxyl groups excluding tert-OH is 1. The van der Waals surface area contributed by atoms with Gasteiger partial charge in [-0.25, -0.2) is 0 Å². The minimum absolute atomic E-state index is 0.0651. The second-order valence-corrected chi connectivity index (χ2v) is 4.44. The average molecular weight is 250 g/mol. The van der Waals surface area contributed by atoms with E-state index in [1.807, 2.05) is 24.3 Å². The number of amides is 1. The maximum atomic E-state index is 12.0. The summed E-state index contributed by atoms with van der Waals surface area (Å²) in [6.07, 6.45) is 1.87. The van der Waals surface area contributed by atoms with Crippen molar-refractivity contribution in [1.82, 2.24) is 5.32 Å². The standard InChI is InChI=1S/C14H22N2O2/c1-11(17)5-4-10-16-14(18)13-7-3-2-6-12(13)8-9-15/h2-3,6-7,11,17H,4-5,8-10,15H2,1H3,(H,16,18). The van der Waals surface area contributed by atoms with Gasteiger partial charge in [0.05, 0.1) is 6.10 Å². The molecule has 1 unspecified atom stereocenters. The van der Waals surface area contributed by atoms with E-state index >= 15 is 0 Å². The largest absolute Gasteiger partial charge is 0.393 e. The molecular formula is C14H22N2O2. The molecule has 0 heterocycles. The van der Waals surface area contributed by atoms with E-state index in [0.717, 1.165) is 12.0 Å². The van der Waals surface area contributed by atoms with Gasteiger partial charge in [0, 0.05) is 12.1 Å². The van der Waals surface area contributed by atoms with E-state index in [0.29, 0.717) is 31.5 Å². The Labute approximate surface area is 108 Å². The summed E-state index contributed by atoms with van der Waals surface area (Å²) >= 11 is 0. The second-order valence-electron chi connectivity index (χ2n) is 4.44. The Morgan fingerprint density at radius 1 is 1.44 bits per heavy atom. The van der Waals surface area contributed by atoms with Crippen molar-refractivity contribution in [2.24, 2.45) is 5.73 Å². The van der Waals surface area contributed by atoms with Crippen LogP contribution in [0.4, 0.5) is 0 Å². The summed E-state index contributed by atoms with van der Waals surface area (Å²) in [4.78, 5) is 12.0. The normalized spacial score (nSPS) is 12.2. The summed E-state index contributed by atoms with van der Waals surface area (Å²) in [5.74, 6) is -0.0651.